The van der Waals surface area contributed by atoms with Gasteiger partial charge in [-0.3, -0.25) is 9.69 Å². The minimum atomic E-state index is -1.82. The Morgan fingerprint density at radius 2 is 1.79 bits per heavy atom. The smallest absolute Gasteiger partial charge is 0.414 e. The number of fused-ring (bicyclic) bond motifs is 1. The molecule has 1 atom stereocenters. The van der Waals surface area contributed by atoms with E-state index in [4.69, 9.17) is 19.8 Å². The molecule has 0 spiro atoms. The maximum Gasteiger partial charge on any atom is 0.414 e. The number of rotatable bonds is 2. The summed E-state index contributed by atoms with van der Waals surface area (Å²) in [6, 6.07) is 9.36. The average Bonchev–Trinajstić information content (AvgIpc) is 3.02. The molecular weight excluding hydrogens is 314 g/mol. The van der Waals surface area contributed by atoms with Crippen molar-refractivity contribution in [2.75, 3.05) is 7.05 Å². The minimum absolute atomic E-state index is 0.108. The summed E-state index contributed by atoms with van der Waals surface area (Å²) in [5.41, 5.74) is 2.91. The second kappa shape index (κ2) is 7.51. The van der Waals surface area contributed by atoms with Gasteiger partial charge in [0.25, 0.3) is 0 Å². The quantitative estimate of drug-likeness (QED) is 0.549. The molecule has 1 aliphatic rings. The topological polar surface area (TPSA) is 124 Å². The molecule has 0 bridgehead atoms. The predicted molar refractivity (Wildman–Crippen MR) is 83.6 cm³/mol. The normalized spacial score (nSPS) is 16.5. The summed E-state index contributed by atoms with van der Waals surface area (Å²) in [6.45, 7) is 0.749. The molecule has 2 heterocycles. The zero-order valence-electron chi connectivity index (χ0n) is 13.0. The monoisotopic (exact) mass is 331 g/mol. The van der Waals surface area contributed by atoms with Gasteiger partial charge in [-0.05, 0) is 7.05 Å². The molecule has 0 saturated heterocycles. The van der Waals surface area contributed by atoms with Gasteiger partial charge >= 0.3 is 11.9 Å². The fourth-order valence-corrected chi connectivity index (χ4v) is 2.45. The van der Waals surface area contributed by atoms with E-state index in [0.29, 0.717) is 6.42 Å². The third-order valence-corrected chi connectivity index (χ3v) is 3.68. The van der Waals surface area contributed by atoms with Gasteiger partial charge in [0, 0.05) is 18.5 Å². The zero-order valence-corrected chi connectivity index (χ0v) is 13.0. The Labute approximate surface area is 137 Å². The standard InChI is InChI=1S/C14H15N3O.C2H2O4/c1-17-8-12-11(15-9-16-12)7-13(17)14(18)10-5-3-2-4-6-10;3-1(4)2(5)6/h2-6,9,13H,7-8H2,1H3,(H,15,16);(H,3,4)(H,5,6)/t13-;/m1./s1. The number of carboxylic acid groups (broad SMARTS) is 2. The molecule has 0 radical (unpaired) electrons. The number of aliphatic carboxylic acids is 2. The molecule has 8 heteroatoms. The maximum atomic E-state index is 12.5. The van der Waals surface area contributed by atoms with E-state index in [1.54, 1.807) is 6.33 Å². The van der Waals surface area contributed by atoms with Crippen molar-refractivity contribution in [2.24, 2.45) is 0 Å². The summed E-state index contributed by atoms with van der Waals surface area (Å²) in [6.07, 6.45) is 2.39. The van der Waals surface area contributed by atoms with Crippen molar-refractivity contribution in [1.82, 2.24) is 14.9 Å². The number of imidazole rings is 1. The molecule has 3 rings (SSSR count). The Bertz CT molecular complexity index is 729. The number of carbonyl (C=O) groups excluding carboxylic acids is 1. The van der Waals surface area contributed by atoms with E-state index in [0.717, 1.165) is 23.5 Å². The summed E-state index contributed by atoms with van der Waals surface area (Å²) >= 11 is 0. The maximum absolute atomic E-state index is 12.5. The summed E-state index contributed by atoms with van der Waals surface area (Å²) in [5, 5.41) is 14.8. The van der Waals surface area contributed by atoms with Gasteiger partial charge < -0.3 is 15.2 Å². The summed E-state index contributed by atoms with van der Waals surface area (Å²) < 4.78 is 0. The highest BCUT2D eigenvalue weighted by Gasteiger charge is 2.30. The van der Waals surface area contributed by atoms with Crippen LogP contribution in [0.2, 0.25) is 0 Å². The van der Waals surface area contributed by atoms with Crippen LogP contribution in [0.15, 0.2) is 36.7 Å². The van der Waals surface area contributed by atoms with E-state index in [2.05, 4.69) is 14.9 Å². The first-order valence-corrected chi connectivity index (χ1v) is 7.17. The van der Waals surface area contributed by atoms with Crippen LogP contribution in [-0.2, 0) is 22.6 Å². The molecule has 1 aromatic carbocycles. The van der Waals surface area contributed by atoms with Gasteiger partial charge in [-0.15, -0.1) is 0 Å². The lowest BCUT2D eigenvalue weighted by molar-refractivity contribution is -0.159. The molecule has 1 aromatic heterocycles. The number of hydrogen-bond donors (Lipinski definition) is 3. The van der Waals surface area contributed by atoms with Crippen molar-refractivity contribution in [3.05, 3.63) is 53.6 Å². The number of H-pyrrole nitrogens is 1. The number of aromatic nitrogens is 2. The van der Waals surface area contributed by atoms with Crippen molar-refractivity contribution in [1.29, 1.82) is 0 Å². The van der Waals surface area contributed by atoms with Gasteiger partial charge in [0.2, 0.25) is 0 Å². The number of ketones is 1. The Balaban J connectivity index is 0.000000301. The third-order valence-electron chi connectivity index (χ3n) is 3.68. The molecule has 0 saturated carbocycles. The lowest BCUT2D eigenvalue weighted by Crippen LogP contribution is -2.43. The minimum Gasteiger partial charge on any atom is -0.473 e. The van der Waals surface area contributed by atoms with Crippen LogP contribution in [0.25, 0.3) is 0 Å². The van der Waals surface area contributed by atoms with Crippen molar-refractivity contribution in [3.63, 3.8) is 0 Å². The van der Waals surface area contributed by atoms with Gasteiger partial charge in [-0.1, -0.05) is 30.3 Å². The first-order valence-electron chi connectivity index (χ1n) is 7.17. The fourth-order valence-electron chi connectivity index (χ4n) is 2.45. The van der Waals surface area contributed by atoms with E-state index in [9.17, 15) is 4.79 Å². The van der Waals surface area contributed by atoms with Crippen LogP contribution in [0.5, 0.6) is 0 Å². The van der Waals surface area contributed by atoms with Gasteiger partial charge in [0.1, 0.15) is 0 Å². The third kappa shape index (κ3) is 4.05. The Kier molecular flexibility index (Phi) is 5.43. The van der Waals surface area contributed by atoms with Gasteiger partial charge in [0.05, 0.1) is 23.8 Å². The van der Waals surface area contributed by atoms with E-state index >= 15 is 0 Å². The highest BCUT2D eigenvalue weighted by molar-refractivity contribution is 6.27. The number of carboxylic acids is 2. The van der Waals surface area contributed by atoms with E-state index < -0.39 is 11.9 Å². The largest absolute Gasteiger partial charge is 0.473 e. The van der Waals surface area contributed by atoms with Crippen LogP contribution in [0.4, 0.5) is 0 Å². The van der Waals surface area contributed by atoms with Crippen molar-refractivity contribution in [3.8, 4) is 0 Å². The van der Waals surface area contributed by atoms with E-state index in [-0.39, 0.29) is 11.8 Å². The molecule has 8 nitrogen and oxygen atoms in total. The predicted octanol–water partition coefficient (Wildman–Crippen LogP) is 0.805. The van der Waals surface area contributed by atoms with Crippen LogP contribution in [0, 0.1) is 0 Å². The number of carbonyl (C=O) groups is 3. The second-order valence-corrected chi connectivity index (χ2v) is 5.30. The van der Waals surface area contributed by atoms with Crippen LogP contribution >= 0.6 is 0 Å². The summed E-state index contributed by atoms with van der Waals surface area (Å²) in [7, 11) is 1.98. The first-order chi connectivity index (χ1) is 11.4. The van der Waals surface area contributed by atoms with Gasteiger partial charge in [-0.25, -0.2) is 14.6 Å². The molecule has 2 aromatic rings. The highest BCUT2D eigenvalue weighted by atomic mass is 16.4. The summed E-state index contributed by atoms with van der Waals surface area (Å²) in [5.74, 6) is -3.48. The molecule has 0 amide bonds. The second-order valence-electron chi connectivity index (χ2n) is 5.30. The molecule has 1 aliphatic heterocycles. The Hall–Kier alpha value is -3.00. The van der Waals surface area contributed by atoms with Crippen LogP contribution in [-0.4, -0.2) is 55.9 Å². The average molecular weight is 331 g/mol. The molecular formula is C16H17N3O5. The van der Waals surface area contributed by atoms with Crippen molar-refractivity contribution < 1.29 is 24.6 Å². The Morgan fingerprint density at radius 1 is 1.17 bits per heavy atom. The molecule has 0 fully saturated rings. The number of nitrogens with zero attached hydrogens (tertiary/aromatic N) is 2. The van der Waals surface area contributed by atoms with Crippen molar-refractivity contribution >= 4 is 17.7 Å². The number of aromatic amines is 1. The van der Waals surface area contributed by atoms with Gasteiger partial charge in [-0.2, -0.15) is 0 Å². The van der Waals surface area contributed by atoms with Crippen LogP contribution < -0.4 is 0 Å². The first kappa shape index (κ1) is 17.4. The van der Waals surface area contributed by atoms with Crippen LogP contribution in [0.3, 0.4) is 0 Å². The molecule has 0 aliphatic carbocycles. The molecule has 126 valence electrons. The lowest BCUT2D eigenvalue weighted by Gasteiger charge is -2.30. The van der Waals surface area contributed by atoms with Gasteiger partial charge in [0.15, 0.2) is 5.78 Å². The van der Waals surface area contributed by atoms with Crippen LogP contribution in [0.1, 0.15) is 21.7 Å². The molecule has 0 unspecified atom stereocenters. The number of Topliss-reactive ketones (excluding diaryl/α,β-unsaturated/α-hetero) is 1. The lowest BCUT2D eigenvalue weighted by atomic mass is 9.95. The number of hydrogen-bond acceptors (Lipinski definition) is 5. The van der Waals surface area contributed by atoms with E-state index in [1.807, 2.05) is 37.4 Å². The number of likely N-dealkylation sites (N-methyl/N-ethyl adjacent to an activating group) is 1. The summed E-state index contributed by atoms with van der Waals surface area (Å²) in [4.78, 5) is 40.1. The van der Waals surface area contributed by atoms with Crippen molar-refractivity contribution in [2.45, 2.75) is 19.0 Å². The Morgan fingerprint density at radius 3 is 2.38 bits per heavy atom. The molecule has 3 N–H and O–H groups in total. The zero-order chi connectivity index (χ0) is 17.7. The number of benzene rings is 1. The van der Waals surface area contributed by atoms with E-state index in [1.165, 1.54) is 0 Å². The number of nitrogens with one attached hydrogen (secondary N) is 1. The molecule has 24 heavy (non-hydrogen) atoms. The fraction of sp³-hybridized carbons (Fsp3) is 0.250. The SMILES string of the molecule is CN1Cc2[nH]cnc2C[C@@H]1C(=O)c1ccccc1.O=C(O)C(=O)O. The highest BCUT2D eigenvalue weighted by Crippen LogP contribution is 2.21.